The predicted octanol–water partition coefficient (Wildman–Crippen LogP) is 7.03. The van der Waals surface area contributed by atoms with Crippen LogP contribution < -0.4 is 10.1 Å². The first kappa shape index (κ1) is 25.6. The van der Waals surface area contributed by atoms with Gasteiger partial charge in [0.25, 0.3) is 0 Å². The number of hydrogen-bond acceptors (Lipinski definition) is 7. The zero-order valence-corrected chi connectivity index (χ0v) is 22.2. The van der Waals surface area contributed by atoms with Crippen molar-refractivity contribution in [1.29, 1.82) is 0 Å². The van der Waals surface area contributed by atoms with Crippen molar-refractivity contribution in [3.05, 3.63) is 119 Å². The van der Waals surface area contributed by atoms with E-state index in [9.17, 15) is 4.79 Å². The lowest BCUT2D eigenvalue weighted by Crippen LogP contribution is -2.29. The summed E-state index contributed by atoms with van der Waals surface area (Å²) >= 11 is 7.80. The molecule has 5 rings (SSSR count). The molecule has 7 nitrogen and oxygen atoms in total. The van der Waals surface area contributed by atoms with Crippen LogP contribution in [0, 0.1) is 0 Å². The first-order chi connectivity index (χ1) is 18.5. The molecule has 1 N–H and O–H groups in total. The number of carbonyl (C=O) groups is 1. The van der Waals surface area contributed by atoms with E-state index in [-0.39, 0.29) is 6.61 Å². The average Bonchev–Trinajstić information content (AvgIpc) is 3.33. The van der Waals surface area contributed by atoms with E-state index in [1.165, 1.54) is 17.8 Å². The normalized spacial score (nSPS) is 14.4. The average molecular weight is 545 g/mol. The molecule has 192 valence electrons. The predicted molar refractivity (Wildman–Crippen MR) is 150 cm³/mol. The van der Waals surface area contributed by atoms with Gasteiger partial charge in [-0.2, -0.15) is 4.98 Å². The fraction of sp³-hybridized carbons (Fsp3) is 0.138. The molecule has 1 atom stereocenters. The number of hydrogen-bond donors (Lipinski definition) is 1. The summed E-state index contributed by atoms with van der Waals surface area (Å²) in [6.07, 6.45) is 1.54. The molecular weight excluding hydrogens is 520 g/mol. The van der Waals surface area contributed by atoms with Gasteiger partial charge in [0.15, 0.2) is 0 Å². The van der Waals surface area contributed by atoms with Gasteiger partial charge in [-0.1, -0.05) is 84.5 Å². The molecule has 4 aromatic rings. The van der Waals surface area contributed by atoms with Crippen molar-refractivity contribution in [2.45, 2.75) is 23.9 Å². The maximum atomic E-state index is 13.2. The quantitative estimate of drug-likeness (QED) is 0.138. The number of allylic oxidation sites excluding steroid dienone is 1. The third kappa shape index (κ3) is 5.61. The van der Waals surface area contributed by atoms with Crippen molar-refractivity contribution in [3.63, 3.8) is 0 Å². The highest BCUT2D eigenvalue weighted by Crippen LogP contribution is 2.38. The molecule has 0 saturated carbocycles. The Morgan fingerprint density at radius 3 is 2.66 bits per heavy atom. The largest absolute Gasteiger partial charge is 0.458 e. The summed E-state index contributed by atoms with van der Waals surface area (Å²) in [5, 5.41) is 9.25. The van der Waals surface area contributed by atoms with E-state index in [1.807, 2.05) is 85.8 Å². The molecule has 1 aliphatic rings. The summed E-state index contributed by atoms with van der Waals surface area (Å²) in [5.74, 6) is 2.03. The zero-order chi connectivity index (χ0) is 26.5. The van der Waals surface area contributed by atoms with E-state index in [1.54, 1.807) is 4.68 Å². The molecule has 0 spiro atoms. The van der Waals surface area contributed by atoms with Crippen molar-refractivity contribution in [2.24, 2.45) is 0 Å². The number of benzene rings is 3. The Labute approximate surface area is 230 Å². The number of para-hydroxylation sites is 1. The van der Waals surface area contributed by atoms with E-state index in [2.05, 4.69) is 11.9 Å². The summed E-state index contributed by atoms with van der Waals surface area (Å²) in [4.78, 5) is 17.9. The van der Waals surface area contributed by atoms with Crippen LogP contribution in [0.4, 0.5) is 5.95 Å². The molecule has 2 heterocycles. The van der Waals surface area contributed by atoms with Gasteiger partial charge in [-0.3, -0.25) is 0 Å². The van der Waals surface area contributed by atoms with Crippen molar-refractivity contribution < 1.29 is 14.3 Å². The summed E-state index contributed by atoms with van der Waals surface area (Å²) in [7, 11) is 0. The smallest absolute Gasteiger partial charge is 0.338 e. The lowest BCUT2D eigenvalue weighted by Gasteiger charge is -2.28. The zero-order valence-electron chi connectivity index (χ0n) is 20.6. The molecule has 9 heteroatoms. The van der Waals surface area contributed by atoms with Crippen molar-refractivity contribution in [3.8, 4) is 11.5 Å². The topological polar surface area (TPSA) is 78.3 Å². The van der Waals surface area contributed by atoms with Gasteiger partial charge in [-0.25, -0.2) is 9.48 Å². The van der Waals surface area contributed by atoms with Gasteiger partial charge in [0.1, 0.15) is 24.1 Å². The fourth-order valence-corrected chi connectivity index (χ4v) is 5.22. The van der Waals surface area contributed by atoms with Crippen LogP contribution in [0.15, 0.2) is 108 Å². The first-order valence-corrected chi connectivity index (χ1v) is 13.3. The molecule has 1 aliphatic heterocycles. The number of nitrogens with zero attached hydrogens (tertiary/aromatic N) is 3. The van der Waals surface area contributed by atoms with Crippen LogP contribution in [-0.4, -0.2) is 27.3 Å². The van der Waals surface area contributed by atoms with E-state index >= 15 is 0 Å². The highest BCUT2D eigenvalue weighted by atomic mass is 35.5. The van der Waals surface area contributed by atoms with Crippen LogP contribution in [0.25, 0.3) is 0 Å². The number of thioether (sulfide) groups is 1. The van der Waals surface area contributed by atoms with Crippen LogP contribution >= 0.6 is 23.4 Å². The van der Waals surface area contributed by atoms with E-state index in [0.717, 1.165) is 11.1 Å². The molecule has 0 fully saturated rings. The fourth-order valence-electron chi connectivity index (χ4n) is 4.11. The number of fused-ring (bicyclic) bond motifs is 1. The molecule has 0 aliphatic carbocycles. The third-order valence-corrected chi connectivity index (χ3v) is 7.11. The molecule has 3 aromatic carbocycles. The van der Waals surface area contributed by atoms with Crippen LogP contribution in [-0.2, 0) is 15.3 Å². The van der Waals surface area contributed by atoms with Crippen molar-refractivity contribution >= 4 is 35.3 Å². The monoisotopic (exact) mass is 544 g/mol. The first-order valence-electron chi connectivity index (χ1n) is 11.9. The third-order valence-electron chi connectivity index (χ3n) is 5.85. The Kier molecular flexibility index (Phi) is 7.81. The number of aromatic nitrogens is 3. The molecule has 38 heavy (non-hydrogen) atoms. The second-order valence-electron chi connectivity index (χ2n) is 8.48. The molecule has 0 amide bonds. The Balaban J connectivity index is 1.50. The number of esters is 1. The highest BCUT2D eigenvalue weighted by Gasteiger charge is 2.35. The number of carbonyl (C=O) groups excluding carboxylic acids is 1. The minimum absolute atomic E-state index is 0.0998. The van der Waals surface area contributed by atoms with Crippen molar-refractivity contribution in [2.75, 3.05) is 11.9 Å². The van der Waals surface area contributed by atoms with E-state index in [0.29, 0.717) is 44.6 Å². The minimum Gasteiger partial charge on any atom is -0.458 e. The summed E-state index contributed by atoms with van der Waals surface area (Å²) in [5.41, 5.74) is 2.87. The second-order valence-corrected chi connectivity index (χ2v) is 9.83. The summed E-state index contributed by atoms with van der Waals surface area (Å²) in [6, 6.07) is 24.2. The van der Waals surface area contributed by atoms with Crippen LogP contribution in [0.5, 0.6) is 11.5 Å². The van der Waals surface area contributed by atoms with E-state index in [4.69, 9.17) is 31.2 Å². The Bertz CT molecular complexity index is 1500. The number of rotatable bonds is 9. The molecule has 1 aromatic heterocycles. The van der Waals surface area contributed by atoms with Crippen molar-refractivity contribution in [1.82, 2.24) is 14.8 Å². The van der Waals surface area contributed by atoms with Gasteiger partial charge in [-0.05, 0) is 48.4 Å². The molecule has 0 radical (unpaired) electrons. The van der Waals surface area contributed by atoms with Crippen LogP contribution in [0.3, 0.4) is 0 Å². The Morgan fingerprint density at radius 1 is 1.11 bits per heavy atom. The van der Waals surface area contributed by atoms with Crippen LogP contribution in [0.1, 0.15) is 24.1 Å². The number of ether oxygens (including phenoxy) is 2. The Morgan fingerprint density at radius 2 is 1.87 bits per heavy atom. The maximum absolute atomic E-state index is 13.2. The highest BCUT2D eigenvalue weighted by molar-refractivity contribution is 7.98. The van der Waals surface area contributed by atoms with Gasteiger partial charge < -0.3 is 14.8 Å². The van der Waals surface area contributed by atoms with E-state index < -0.39 is 12.0 Å². The SMILES string of the molecule is C=CCOC(=O)C1=C(C)Nc2nc(SCc3ccccc3Cl)nn2C1c1cccc(Oc2ccccc2)c1. The molecule has 0 bridgehead atoms. The van der Waals surface area contributed by atoms with Crippen LogP contribution in [0.2, 0.25) is 5.02 Å². The van der Waals surface area contributed by atoms with Gasteiger partial charge in [0.05, 0.1) is 5.57 Å². The van der Waals surface area contributed by atoms with Gasteiger partial charge in [-0.15, -0.1) is 5.10 Å². The lowest BCUT2D eigenvalue weighted by atomic mass is 9.95. The molecule has 1 unspecified atom stereocenters. The Hall–Kier alpha value is -4.01. The molecular formula is C29H25ClN4O3S. The van der Waals surface area contributed by atoms with Gasteiger partial charge >= 0.3 is 5.97 Å². The number of nitrogens with one attached hydrogen (secondary N) is 1. The summed E-state index contributed by atoms with van der Waals surface area (Å²) in [6.45, 7) is 5.58. The minimum atomic E-state index is -0.579. The van der Waals surface area contributed by atoms with Gasteiger partial charge in [0, 0.05) is 16.5 Å². The van der Waals surface area contributed by atoms with Gasteiger partial charge in [0.2, 0.25) is 11.1 Å². The number of halogens is 1. The molecule has 0 saturated heterocycles. The number of anilines is 1. The lowest BCUT2D eigenvalue weighted by molar-refractivity contribution is -0.138. The summed E-state index contributed by atoms with van der Waals surface area (Å²) < 4.78 is 13.2. The second kappa shape index (κ2) is 11.6. The standard InChI is InChI=1S/C29H25ClN4O3S/c1-3-16-36-27(35)25-19(2)31-28-32-29(38-18-21-10-7-8-15-24(21)30)33-34(28)26(25)20-11-9-14-23(17-20)37-22-12-5-4-6-13-22/h3-15,17,26H,1,16,18H2,2H3,(H,31,32,33). The maximum Gasteiger partial charge on any atom is 0.338 e.